The van der Waals surface area contributed by atoms with Crippen LogP contribution >= 0.6 is 11.8 Å². The number of aromatic nitrogens is 2. The van der Waals surface area contributed by atoms with Gasteiger partial charge in [-0.1, -0.05) is 43.8 Å². The summed E-state index contributed by atoms with van der Waals surface area (Å²) in [6, 6.07) is 14.2. The number of fused-ring (bicyclic) bond motifs is 1. The van der Waals surface area contributed by atoms with Crippen LogP contribution in [0.25, 0.3) is 10.9 Å². The standard InChI is InChI=1S/C25H29N3O4S/c1-6-27(19-10-8-7-9-11-19)22(29)17(4)33-25-26-21-14-18(24(31)32-5)12-13-20(21)23(30)28(25)15-16(2)3/h7-14,16-17H,6,15H2,1-5H3. The molecule has 1 aromatic heterocycles. The molecule has 33 heavy (non-hydrogen) atoms. The van der Waals surface area contributed by atoms with E-state index in [9.17, 15) is 14.4 Å². The predicted octanol–water partition coefficient (Wildman–Crippen LogP) is 4.37. The second-order valence-corrected chi connectivity index (χ2v) is 9.41. The number of benzene rings is 2. The van der Waals surface area contributed by atoms with Crippen molar-refractivity contribution in [3.63, 3.8) is 0 Å². The molecular formula is C25H29N3O4S. The highest BCUT2D eigenvalue weighted by Gasteiger charge is 2.24. The van der Waals surface area contributed by atoms with Crippen LogP contribution in [0, 0.1) is 5.92 Å². The van der Waals surface area contributed by atoms with Crippen molar-refractivity contribution in [3.05, 3.63) is 64.4 Å². The van der Waals surface area contributed by atoms with Gasteiger partial charge in [0, 0.05) is 18.8 Å². The Morgan fingerprint density at radius 3 is 2.42 bits per heavy atom. The minimum atomic E-state index is -0.496. The fourth-order valence-corrected chi connectivity index (χ4v) is 4.54. The molecule has 0 aliphatic heterocycles. The Kier molecular flexibility index (Phi) is 7.92. The summed E-state index contributed by atoms with van der Waals surface area (Å²) in [5.74, 6) is -0.357. The van der Waals surface area contributed by atoms with Crippen LogP contribution in [0.1, 0.15) is 38.1 Å². The van der Waals surface area contributed by atoms with E-state index in [1.807, 2.05) is 58.0 Å². The molecule has 1 amide bonds. The smallest absolute Gasteiger partial charge is 0.337 e. The number of thioether (sulfide) groups is 1. The third-order valence-corrected chi connectivity index (χ3v) is 6.25. The van der Waals surface area contributed by atoms with Crippen molar-refractivity contribution in [2.75, 3.05) is 18.6 Å². The first kappa shape index (κ1) is 24.5. The largest absolute Gasteiger partial charge is 0.465 e. The second kappa shape index (κ2) is 10.7. The lowest BCUT2D eigenvalue weighted by atomic mass is 10.1. The Hall–Kier alpha value is -3.13. The van der Waals surface area contributed by atoms with Crippen molar-refractivity contribution < 1.29 is 14.3 Å². The minimum Gasteiger partial charge on any atom is -0.465 e. The number of hydrogen-bond donors (Lipinski definition) is 0. The number of rotatable bonds is 8. The third kappa shape index (κ3) is 5.45. The number of amides is 1. The van der Waals surface area contributed by atoms with Crippen LogP contribution in [0.4, 0.5) is 5.69 Å². The monoisotopic (exact) mass is 467 g/mol. The van der Waals surface area contributed by atoms with Crippen molar-refractivity contribution in [1.82, 2.24) is 9.55 Å². The molecular weight excluding hydrogens is 438 g/mol. The van der Waals surface area contributed by atoms with Crippen molar-refractivity contribution >= 4 is 40.2 Å². The highest BCUT2D eigenvalue weighted by atomic mass is 32.2. The van der Waals surface area contributed by atoms with Gasteiger partial charge in [0.15, 0.2) is 5.16 Å². The van der Waals surface area contributed by atoms with Gasteiger partial charge in [0.05, 0.1) is 28.8 Å². The molecule has 1 atom stereocenters. The summed E-state index contributed by atoms with van der Waals surface area (Å²) in [7, 11) is 1.31. The Labute approximate surface area is 197 Å². The molecule has 2 aromatic carbocycles. The van der Waals surface area contributed by atoms with E-state index < -0.39 is 11.2 Å². The molecule has 0 bridgehead atoms. The van der Waals surface area contributed by atoms with Gasteiger partial charge in [-0.15, -0.1) is 0 Å². The molecule has 0 saturated carbocycles. The van der Waals surface area contributed by atoms with Gasteiger partial charge < -0.3 is 9.64 Å². The number of hydrogen-bond acceptors (Lipinski definition) is 6. The van der Waals surface area contributed by atoms with Gasteiger partial charge in [-0.25, -0.2) is 9.78 Å². The fourth-order valence-electron chi connectivity index (χ4n) is 3.56. The van der Waals surface area contributed by atoms with Gasteiger partial charge in [0.2, 0.25) is 5.91 Å². The van der Waals surface area contributed by atoms with Crippen molar-refractivity contribution in [2.24, 2.45) is 5.92 Å². The predicted molar refractivity (Wildman–Crippen MR) is 132 cm³/mol. The first-order valence-corrected chi connectivity index (χ1v) is 11.8. The molecule has 0 aliphatic carbocycles. The van der Waals surface area contributed by atoms with Crippen LogP contribution in [0.3, 0.4) is 0 Å². The molecule has 0 spiro atoms. The van der Waals surface area contributed by atoms with Gasteiger partial charge in [-0.2, -0.15) is 0 Å². The van der Waals surface area contributed by atoms with Crippen molar-refractivity contribution in [1.29, 1.82) is 0 Å². The summed E-state index contributed by atoms with van der Waals surface area (Å²) in [5.41, 5.74) is 1.36. The number of carbonyl (C=O) groups excluding carboxylic acids is 2. The molecule has 3 rings (SSSR count). The lowest BCUT2D eigenvalue weighted by molar-refractivity contribution is -0.117. The van der Waals surface area contributed by atoms with E-state index in [0.717, 1.165) is 5.69 Å². The summed E-state index contributed by atoms with van der Waals surface area (Å²) in [4.78, 5) is 44.9. The highest BCUT2D eigenvalue weighted by molar-refractivity contribution is 8.00. The van der Waals surface area contributed by atoms with Crippen molar-refractivity contribution in [3.8, 4) is 0 Å². The second-order valence-electron chi connectivity index (χ2n) is 8.11. The normalized spacial score (nSPS) is 12.1. The van der Waals surface area contributed by atoms with E-state index in [0.29, 0.717) is 34.7 Å². The van der Waals surface area contributed by atoms with Gasteiger partial charge in [0.25, 0.3) is 5.56 Å². The van der Waals surface area contributed by atoms with E-state index in [1.54, 1.807) is 27.7 Å². The summed E-state index contributed by atoms with van der Waals surface area (Å²) in [6.07, 6.45) is 0. The Morgan fingerprint density at radius 2 is 1.82 bits per heavy atom. The Balaban J connectivity index is 2.02. The maximum absolute atomic E-state index is 13.3. The van der Waals surface area contributed by atoms with Crippen LogP contribution in [-0.2, 0) is 16.1 Å². The van der Waals surface area contributed by atoms with Gasteiger partial charge in [-0.05, 0) is 50.1 Å². The lowest BCUT2D eigenvalue weighted by Gasteiger charge is -2.25. The minimum absolute atomic E-state index is 0.0672. The van der Waals surface area contributed by atoms with E-state index >= 15 is 0 Å². The molecule has 174 valence electrons. The quantitative estimate of drug-likeness (QED) is 0.278. The van der Waals surface area contributed by atoms with Crippen LogP contribution in [0.5, 0.6) is 0 Å². The van der Waals surface area contributed by atoms with Crippen LogP contribution in [0.2, 0.25) is 0 Å². The summed E-state index contributed by atoms with van der Waals surface area (Å²) >= 11 is 1.25. The van der Waals surface area contributed by atoms with Crippen LogP contribution < -0.4 is 10.5 Å². The molecule has 1 unspecified atom stereocenters. The number of methoxy groups -OCH3 is 1. The molecule has 0 fully saturated rings. The molecule has 0 saturated heterocycles. The maximum Gasteiger partial charge on any atom is 0.337 e. The molecule has 7 nitrogen and oxygen atoms in total. The van der Waals surface area contributed by atoms with Gasteiger partial charge in [-0.3, -0.25) is 14.2 Å². The Bertz CT molecular complexity index is 1210. The van der Waals surface area contributed by atoms with E-state index in [-0.39, 0.29) is 17.4 Å². The molecule has 1 heterocycles. The first-order chi connectivity index (χ1) is 15.8. The van der Waals surface area contributed by atoms with E-state index in [4.69, 9.17) is 9.72 Å². The van der Waals surface area contributed by atoms with E-state index in [2.05, 4.69) is 0 Å². The zero-order valence-corrected chi connectivity index (χ0v) is 20.4. The molecule has 3 aromatic rings. The average molecular weight is 468 g/mol. The molecule has 8 heteroatoms. The third-order valence-electron chi connectivity index (χ3n) is 5.17. The van der Waals surface area contributed by atoms with Gasteiger partial charge in [0.1, 0.15) is 0 Å². The number of esters is 1. The lowest BCUT2D eigenvalue weighted by Crippen LogP contribution is -2.37. The molecule has 0 N–H and O–H groups in total. The number of nitrogens with zero attached hydrogens (tertiary/aromatic N) is 3. The first-order valence-electron chi connectivity index (χ1n) is 10.9. The SMILES string of the molecule is CCN(C(=O)C(C)Sc1nc2cc(C(=O)OC)ccc2c(=O)n1CC(C)C)c1ccccc1. The fraction of sp³-hybridized carbons (Fsp3) is 0.360. The maximum atomic E-state index is 13.3. The highest BCUT2D eigenvalue weighted by Crippen LogP contribution is 2.26. The summed E-state index contributed by atoms with van der Waals surface area (Å²) in [5, 5.41) is 0.399. The molecule has 0 aliphatic rings. The zero-order chi connectivity index (χ0) is 24.1. The zero-order valence-electron chi connectivity index (χ0n) is 19.6. The number of anilines is 1. The molecule has 0 radical (unpaired) electrons. The number of ether oxygens (including phenoxy) is 1. The Morgan fingerprint density at radius 1 is 1.12 bits per heavy atom. The topological polar surface area (TPSA) is 81.5 Å². The van der Waals surface area contributed by atoms with Crippen LogP contribution in [-0.4, -0.2) is 40.3 Å². The van der Waals surface area contributed by atoms with Gasteiger partial charge >= 0.3 is 5.97 Å². The van der Waals surface area contributed by atoms with Crippen LogP contribution in [0.15, 0.2) is 58.5 Å². The summed E-state index contributed by atoms with van der Waals surface area (Å²) < 4.78 is 6.42. The number of para-hydroxylation sites is 1. The van der Waals surface area contributed by atoms with E-state index in [1.165, 1.54) is 18.9 Å². The average Bonchev–Trinajstić information content (AvgIpc) is 2.81. The number of carbonyl (C=O) groups is 2. The van der Waals surface area contributed by atoms with Crippen molar-refractivity contribution in [2.45, 2.75) is 44.6 Å². The summed E-state index contributed by atoms with van der Waals surface area (Å²) in [6.45, 7) is 8.79.